The van der Waals surface area contributed by atoms with Gasteiger partial charge >= 0.3 is 12.1 Å². The van der Waals surface area contributed by atoms with Crippen LogP contribution in [0, 0.1) is 13.8 Å². The van der Waals surface area contributed by atoms with Gasteiger partial charge in [0.25, 0.3) is 0 Å². The number of carbonyl (C=O) groups is 1. The minimum atomic E-state index is -4.39. The van der Waals surface area contributed by atoms with E-state index in [4.69, 9.17) is 9.47 Å². The Kier molecular flexibility index (Phi) is 9.49. The van der Waals surface area contributed by atoms with Crippen molar-refractivity contribution in [3.63, 3.8) is 0 Å². The summed E-state index contributed by atoms with van der Waals surface area (Å²) in [6.07, 6.45) is -1.00. The van der Waals surface area contributed by atoms with E-state index in [1.54, 1.807) is 6.92 Å². The lowest BCUT2D eigenvalue weighted by atomic mass is 10.0. The molecule has 0 fully saturated rings. The Labute approximate surface area is 215 Å². The van der Waals surface area contributed by atoms with Crippen LogP contribution in [0.25, 0.3) is 11.3 Å². The van der Waals surface area contributed by atoms with E-state index in [9.17, 15) is 18.0 Å². The fourth-order valence-corrected chi connectivity index (χ4v) is 4.01. The van der Waals surface area contributed by atoms with Gasteiger partial charge in [-0.25, -0.2) is 14.8 Å². The maximum absolute atomic E-state index is 13.0. The van der Waals surface area contributed by atoms with Crippen molar-refractivity contribution in [1.82, 2.24) is 9.97 Å². The first kappa shape index (κ1) is 28.0. The number of ether oxygens (including phenoxy) is 2. The number of aromatic nitrogens is 2. The molecule has 0 saturated heterocycles. The van der Waals surface area contributed by atoms with Crippen LogP contribution >= 0.6 is 0 Å². The number of benzene rings is 2. The topological polar surface area (TPSA) is 64.5 Å². The third kappa shape index (κ3) is 7.44. The smallest absolute Gasteiger partial charge is 0.416 e. The number of alkyl halides is 3. The summed E-state index contributed by atoms with van der Waals surface area (Å²) in [6, 6.07) is 10.8. The number of hydrogen-bond donors (Lipinski definition) is 0. The molecule has 0 N–H and O–H groups in total. The molecule has 1 heterocycles. The summed E-state index contributed by atoms with van der Waals surface area (Å²) in [5.41, 5.74) is 3.22. The first-order chi connectivity index (χ1) is 17.6. The van der Waals surface area contributed by atoms with Gasteiger partial charge in [0.15, 0.2) is 6.61 Å². The number of carbonyl (C=O) groups excluding carboxylic acids is 1. The average molecular weight is 516 g/mol. The number of aryl methyl sites for hydroxylation is 1. The van der Waals surface area contributed by atoms with E-state index >= 15 is 0 Å². The van der Waals surface area contributed by atoms with Crippen molar-refractivity contribution in [3.05, 3.63) is 71.0 Å². The van der Waals surface area contributed by atoms with E-state index < -0.39 is 17.7 Å². The molecule has 0 aliphatic rings. The van der Waals surface area contributed by atoms with Crippen LogP contribution in [0.1, 0.15) is 48.9 Å². The first-order valence-corrected chi connectivity index (χ1v) is 12.3. The highest BCUT2D eigenvalue weighted by Gasteiger charge is 2.30. The van der Waals surface area contributed by atoms with Gasteiger partial charge in [0.05, 0.1) is 17.9 Å². The molecule has 0 radical (unpaired) electrons. The minimum absolute atomic E-state index is 0.149. The number of nitrogens with zero attached hydrogens (tertiary/aromatic N) is 3. The van der Waals surface area contributed by atoms with Gasteiger partial charge in [-0.1, -0.05) is 37.6 Å². The second kappa shape index (κ2) is 12.6. The van der Waals surface area contributed by atoms with E-state index in [1.165, 1.54) is 18.5 Å². The SMILES string of the molecule is CCCCN(Cc1ccc(OCC(=O)OCC)c(C)c1)c1ncnc(-c2ccc(C(F)(F)F)cc2)c1C. The van der Waals surface area contributed by atoms with Crippen LogP contribution in [0.15, 0.2) is 48.8 Å². The standard InChI is InChI=1S/C28H32F3N3O3/c1-5-7-14-34(16-21-8-13-24(19(3)15-21)37-17-25(35)36-6-2)27-20(4)26(32-18-33-27)22-9-11-23(12-10-22)28(29,30)31/h8-13,15,18H,5-7,14,16-17H2,1-4H3. The molecule has 0 saturated carbocycles. The monoisotopic (exact) mass is 515 g/mol. The van der Waals surface area contributed by atoms with Gasteiger partial charge in [0.1, 0.15) is 17.9 Å². The lowest BCUT2D eigenvalue weighted by Gasteiger charge is -2.26. The zero-order valence-electron chi connectivity index (χ0n) is 21.6. The largest absolute Gasteiger partial charge is 0.482 e. The summed E-state index contributed by atoms with van der Waals surface area (Å²) in [5.74, 6) is 0.929. The molecule has 9 heteroatoms. The van der Waals surface area contributed by atoms with Crippen LogP contribution in [-0.2, 0) is 22.3 Å². The molecule has 0 spiro atoms. The molecular weight excluding hydrogens is 483 g/mol. The van der Waals surface area contributed by atoms with Crippen molar-refractivity contribution in [2.24, 2.45) is 0 Å². The molecule has 0 amide bonds. The summed E-state index contributed by atoms with van der Waals surface area (Å²) >= 11 is 0. The lowest BCUT2D eigenvalue weighted by Crippen LogP contribution is -2.26. The summed E-state index contributed by atoms with van der Waals surface area (Å²) in [7, 11) is 0. The number of hydrogen-bond acceptors (Lipinski definition) is 6. The molecule has 0 bridgehead atoms. The number of unbranched alkanes of at least 4 members (excludes halogenated alkanes) is 1. The second-order valence-corrected chi connectivity index (χ2v) is 8.71. The number of halogens is 3. The molecule has 0 unspecified atom stereocenters. The van der Waals surface area contributed by atoms with E-state index in [2.05, 4.69) is 21.8 Å². The van der Waals surface area contributed by atoms with E-state index in [1.807, 2.05) is 32.0 Å². The Morgan fingerprint density at radius 1 is 1.03 bits per heavy atom. The van der Waals surface area contributed by atoms with Gasteiger partial charge in [0.2, 0.25) is 0 Å². The fraction of sp³-hybridized carbons (Fsp3) is 0.393. The highest BCUT2D eigenvalue weighted by Crippen LogP contribution is 2.33. The molecule has 3 aromatic rings. The Balaban J connectivity index is 1.84. The molecule has 3 rings (SSSR count). The number of esters is 1. The van der Waals surface area contributed by atoms with Crippen LogP contribution < -0.4 is 9.64 Å². The van der Waals surface area contributed by atoms with E-state index in [0.717, 1.165) is 54.0 Å². The van der Waals surface area contributed by atoms with Gasteiger partial charge in [-0.3, -0.25) is 0 Å². The molecule has 2 aromatic carbocycles. The van der Waals surface area contributed by atoms with E-state index in [-0.39, 0.29) is 6.61 Å². The van der Waals surface area contributed by atoms with Crippen molar-refractivity contribution in [2.45, 2.75) is 53.3 Å². The third-order valence-corrected chi connectivity index (χ3v) is 5.89. The predicted molar refractivity (Wildman–Crippen MR) is 136 cm³/mol. The summed E-state index contributed by atoms with van der Waals surface area (Å²) in [6.45, 7) is 9.13. The molecule has 1 aromatic heterocycles. The Morgan fingerprint density at radius 2 is 1.76 bits per heavy atom. The van der Waals surface area contributed by atoms with Crippen molar-refractivity contribution in [3.8, 4) is 17.0 Å². The van der Waals surface area contributed by atoms with Gasteiger partial charge in [-0.2, -0.15) is 13.2 Å². The van der Waals surface area contributed by atoms with Gasteiger partial charge in [-0.05, 0) is 56.5 Å². The Bertz CT molecular complexity index is 1200. The Hall–Kier alpha value is -3.62. The molecular formula is C28H32F3N3O3. The molecule has 0 aliphatic carbocycles. The summed E-state index contributed by atoms with van der Waals surface area (Å²) in [4.78, 5) is 22.7. The first-order valence-electron chi connectivity index (χ1n) is 12.3. The second-order valence-electron chi connectivity index (χ2n) is 8.71. The zero-order chi connectivity index (χ0) is 27.0. The average Bonchev–Trinajstić information content (AvgIpc) is 2.86. The number of anilines is 1. The molecule has 0 atom stereocenters. The fourth-order valence-electron chi connectivity index (χ4n) is 4.01. The van der Waals surface area contributed by atoms with Crippen molar-refractivity contribution in [1.29, 1.82) is 0 Å². The molecule has 198 valence electrons. The highest BCUT2D eigenvalue weighted by molar-refractivity contribution is 5.71. The predicted octanol–water partition coefficient (Wildman–Crippen LogP) is 6.53. The van der Waals surface area contributed by atoms with Crippen LogP contribution in [0.2, 0.25) is 0 Å². The summed E-state index contributed by atoms with van der Waals surface area (Å²) < 4.78 is 49.5. The molecule has 6 nitrogen and oxygen atoms in total. The maximum Gasteiger partial charge on any atom is 0.416 e. The van der Waals surface area contributed by atoms with Gasteiger partial charge in [0, 0.05) is 24.2 Å². The minimum Gasteiger partial charge on any atom is -0.482 e. The van der Waals surface area contributed by atoms with Crippen LogP contribution in [0.4, 0.5) is 19.0 Å². The lowest BCUT2D eigenvalue weighted by molar-refractivity contribution is -0.145. The molecule has 37 heavy (non-hydrogen) atoms. The molecule has 0 aliphatic heterocycles. The van der Waals surface area contributed by atoms with Crippen LogP contribution in [0.5, 0.6) is 5.75 Å². The van der Waals surface area contributed by atoms with E-state index in [0.29, 0.717) is 30.2 Å². The van der Waals surface area contributed by atoms with Gasteiger partial charge in [-0.15, -0.1) is 0 Å². The maximum atomic E-state index is 13.0. The van der Waals surface area contributed by atoms with Crippen molar-refractivity contribution >= 4 is 11.8 Å². The van der Waals surface area contributed by atoms with Crippen LogP contribution in [-0.4, -0.2) is 35.7 Å². The van der Waals surface area contributed by atoms with Crippen molar-refractivity contribution in [2.75, 3.05) is 24.7 Å². The normalized spacial score (nSPS) is 11.3. The van der Waals surface area contributed by atoms with Crippen molar-refractivity contribution < 1.29 is 27.4 Å². The third-order valence-electron chi connectivity index (χ3n) is 5.89. The van der Waals surface area contributed by atoms with Gasteiger partial charge < -0.3 is 14.4 Å². The summed E-state index contributed by atoms with van der Waals surface area (Å²) in [5, 5.41) is 0. The number of rotatable bonds is 11. The van der Waals surface area contributed by atoms with Crippen LogP contribution in [0.3, 0.4) is 0 Å². The quantitative estimate of drug-likeness (QED) is 0.271. The Morgan fingerprint density at radius 3 is 2.38 bits per heavy atom. The highest BCUT2D eigenvalue weighted by atomic mass is 19.4. The zero-order valence-corrected chi connectivity index (χ0v) is 21.6.